The van der Waals surface area contributed by atoms with Crippen molar-refractivity contribution in [3.63, 3.8) is 0 Å². The van der Waals surface area contributed by atoms with Crippen LogP contribution in [-0.4, -0.2) is 31.1 Å². The molecule has 0 rings (SSSR count). The lowest BCUT2D eigenvalue weighted by Crippen LogP contribution is -2.41. The zero-order valence-electron chi connectivity index (χ0n) is 5.83. The summed E-state index contributed by atoms with van der Waals surface area (Å²) in [5, 5.41) is 0. The van der Waals surface area contributed by atoms with Crippen LogP contribution in [0, 0.1) is 0 Å². The molecule has 0 nitrogen and oxygen atoms in total. The van der Waals surface area contributed by atoms with Gasteiger partial charge in [-0.1, -0.05) is 0 Å². The highest BCUT2D eigenvalue weighted by molar-refractivity contribution is 4.82. The van der Waals surface area contributed by atoms with Gasteiger partial charge in [0.15, 0.2) is 12.3 Å². The van der Waals surface area contributed by atoms with E-state index in [0.29, 0.717) is 0 Å². The molecule has 0 aromatic heterocycles. The minimum Gasteiger partial charge on any atom is -0.240 e. The molecule has 0 aliphatic carbocycles. The van der Waals surface area contributed by atoms with E-state index in [0.717, 1.165) is 0 Å². The first-order valence-corrected chi connectivity index (χ1v) is 2.95. The van der Waals surface area contributed by atoms with Crippen molar-refractivity contribution in [3.05, 3.63) is 0 Å². The van der Waals surface area contributed by atoms with Gasteiger partial charge in [-0.3, -0.25) is 0 Å². The van der Waals surface area contributed by atoms with E-state index >= 15 is 0 Å². The monoisotopic (exact) mass is 216 g/mol. The molecule has 0 amide bonds. The zero-order chi connectivity index (χ0) is 10.8. The molecule has 13 heavy (non-hydrogen) atoms. The number of hydrogen-bond acceptors (Lipinski definition) is 0. The topological polar surface area (TPSA) is 0 Å². The fraction of sp³-hybridized carbons (Fsp3) is 1.00. The zero-order valence-corrected chi connectivity index (χ0v) is 5.83. The van der Waals surface area contributed by atoms with E-state index in [-0.39, 0.29) is 0 Å². The first-order valence-electron chi connectivity index (χ1n) is 2.95. The van der Waals surface area contributed by atoms with E-state index in [9.17, 15) is 35.1 Å². The van der Waals surface area contributed by atoms with Gasteiger partial charge in [-0.2, -0.15) is 13.2 Å². The Morgan fingerprint density at radius 3 is 1.31 bits per heavy atom. The van der Waals surface area contributed by atoms with Gasteiger partial charge in [0.25, 0.3) is 6.43 Å². The maximum absolute atomic E-state index is 12.0. The van der Waals surface area contributed by atoms with Crippen LogP contribution in [0.5, 0.6) is 0 Å². The molecule has 3 unspecified atom stereocenters. The fourth-order valence-electron chi connectivity index (χ4n) is 0.481. The highest BCUT2D eigenvalue weighted by atomic mass is 19.4. The molecule has 80 valence electrons. The summed E-state index contributed by atoms with van der Waals surface area (Å²) in [5.74, 6) is 0. The quantitative estimate of drug-likeness (QED) is 0.636. The number of rotatable bonds is 3. The highest BCUT2D eigenvalue weighted by Crippen LogP contribution is 2.30. The molecule has 0 saturated heterocycles. The van der Waals surface area contributed by atoms with Gasteiger partial charge in [-0.15, -0.1) is 0 Å². The second-order valence-corrected chi connectivity index (χ2v) is 2.17. The van der Waals surface area contributed by atoms with Crippen LogP contribution in [0.1, 0.15) is 0 Å². The third kappa shape index (κ3) is 3.35. The Balaban J connectivity index is 4.34. The minimum atomic E-state index is -5.67. The molecule has 0 aromatic rings. The predicted molar refractivity (Wildman–Crippen MR) is 26.7 cm³/mol. The minimum absolute atomic E-state index is 3.77. The van der Waals surface area contributed by atoms with Crippen LogP contribution >= 0.6 is 0 Å². The Labute approximate surface area is 67.5 Å². The van der Waals surface area contributed by atoms with Crippen LogP contribution in [0.2, 0.25) is 0 Å². The summed E-state index contributed by atoms with van der Waals surface area (Å²) < 4.78 is 92.1. The average Bonchev–Trinajstić information content (AvgIpc) is 1.98. The lowest BCUT2D eigenvalue weighted by atomic mass is 10.1. The standard InChI is InChI=1S/C5H4F8/c6-1(2(7)4(9)10)3(8)5(11,12)13/h1-4H. The van der Waals surface area contributed by atoms with Gasteiger partial charge >= 0.3 is 6.18 Å². The van der Waals surface area contributed by atoms with Crippen LogP contribution < -0.4 is 0 Å². The molecule has 0 spiro atoms. The summed E-state index contributed by atoms with van der Waals surface area (Å²) >= 11 is 0. The summed E-state index contributed by atoms with van der Waals surface area (Å²) in [5.41, 5.74) is 0. The Kier molecular flexibility index (Phi) is 3.92. The van der Waals surface area contributed by atoms with E-state index in [1.54, 1.807) is 0 Å². The molecular formula is C5H4F8. The molecule has 0 aliphatic rings. The Morgan fingerprint density at radius 2 is 1.08 bits per heavy atom. The third-order valence-electron chi connectivity index (χ3n) is 1.14. The Morgan fingerprint density at radius 1 is 0.692 bits per heavy atom. The van der Waals surface area contributed by atoms with Gasteiger partial charge in [0.1, 0.15) is 0 Å². The molecule has 0 fully saturated rings. The molecule has 0 aliphatic heterocycles. The molecule has 0 radical (unpaired) electrons. The first-order chi connectivity index (χ1) is 5.68. The van der Waals surface area contributed by atoms with Crippen molar-refractivity contribution in [2.75, 3.05) is 0 Å². The SMILES string of the molecule is FC(F)C(F)C(F)C(F)C(F)(F)F. The van der Waals surface area contributed by atoms with Gasteiger partial charge in [0.2, 0.25) is 6.17 Å². The fourth-order valence-corrected chi connectivity index (χ4v) is 0.481. The predicted octanol–water partition coefficient (Wildman–Crippen LogP) is 2.83. The molecule has 0 bridgehead atoms. The van der Waals surface area contributed by atoms with Crippen molar-refractivity contribution in [1.29, 1.82) is 0 Å². The molecule has 0 N–H and O–H groups in total. The lowest BCUT2D eigenvalue weighted by molar-refractivity contribution is -0.207. The largest absolute Gasteiger partial charge is 0.422 e. The maximum atomic E-state index is 12.0. The van der Waals surface area contributed by atoms with Crippen LogP contribution in [-0.2, 0) is 0 Å². The normalized spacial score (nSPS) is 20.1. The van der Waals surface area contributed by atoms with E-state index in [2.05, 4.69) is 0 Å². The summed E-state index contributed by atoms with van der Waals surface area (Å²) in [4.78, 5) is 0. The summed E-state index contributed by atoms with van der Waals surface area (Å²) in [7, 11) is 0. The lowest BCUT2D eigenvalue weighted by Gasteiger charge is -2.18. The second-order valence-electron chi connectivity index (χ2n) is 2.17. The van der Waals surface area contributed by atoms with Crippen LogP contribution in [0.4, 0.5) is 35.1 Å². The summed E-state index contributed by atoms with van der Waals surface area (Å²) in [6, 6.07) is 0. The van der Waals surface area contributed by atoms with Crippen molar-refractivity contribution >= 4 is 0 Å². The van der Waals surface area contributed by atoms with Crippen molar-refractivity contribution in [2.45, 2.75) is 31.1 Å². The van der Waals surface area contributed by atoms with E-state index < -0.39 is 31.1 Å². The molecular weight excluding hydrogens is 212 g/mol. The van der Waals surface area contributed by atoms with Gasteiger partial charge in [0.05, 0.1) is 0 Å². The molecule has 0 aromatic carbocycles. The number of hydrogen-bond donors (Lipinski definition) is 0. The van der Waals surface area contributed by atoms with E-state index in [1.165, 1.54) is 0 Å². The average molecular weight is 216 g/mol. The molecule has 0 saturated carbocycles. The van der Waals surface area contributed by atoms with Crippen molar-refractivity contribution in [1.82, 2.24) is 0 Å². The molecule has 3 atom stereocenters. The van der Waals surface area contributed by atoms with Crippen molar-refractivity contribution < 1.29 is 35.1 Å². The highest BCUT2D eigenvalue weighted by Gasteiger charge is 2.51. The van der Waals surface area contributed by atoms with Gasteiger partial charge in [0, 0.05) is 0 Å². The van der Waals surface area contributed by atoms with Crippen LogP contribution in [0.3, 0.4) is 0 Å². The summed E-state index contributed by atoms with van der Waals surface area (Å²) in [6.45, 7) is 0. The smallest absolute Gasteiger partial charge is 0.240 e. The van der Waals surface area contributed by atoms with E-state index in [4.69, 9.17) is 0 Å². The third-order valence-corrected chi connectivity index (χ3v) is 1.14. The van der Waals surface area contributed by atoms with E-state index in [1.807, 2.05) is 0 Å². The van der Waals surface area contributed by atoms with Crippen LogP contribution in [0.15, 0.2) is 0 Å². The van der Waals surface area contributed by atoms with Crippen LogP contribution in [0.25, 0.3) is 0 Å². The van der Waals surface area contributed by atoms with Gasteiger partial charge < -0.3 is 0 Å². The van der Waals surface area contributed by atoms with Gasteiger partial charge in [-0.05, 0) is 0 Å². The van der Waals surface area contributed by atoms with Crippen molar-refractivity contribution in [3.8, 4) is 0 Å². The van der Waals surface area contributed by atoms with Crippen molar-refractivity contribution in [2.24, 2.45) is 0 Å². The molecule has 0 heterocycles. The number of alkyl halides is 8. The maximum Gasteiger partial charge on any atom is 0.422 e. The Hall–Kier alpha value is -0.560. The molecule has 8 heteroatoms. The number of halogens is 8. The summed E-state index contributed by atoms with van der Waals surface area (Å²) in [6.07, 6.45) is -21.5. The second kappa shape index (κ2) is 4.10. The van der Waals surface area contributed by atoms with Gasteiger partial charge in [-0.25, -0.2) is 22.0 Å². The first kappa shape index (κ1) is 12.4. The Bertz CT molecular complexity index is 151.